The lowest BCUT2D eigenvalue weighted by Gasteiger charge is -2.31. The zero-order valence-corrected chi connectivity index (χ0v) is 13.3. The predicted octanol–water partition coefficient (Wildman–Crippen LogP) is 3.73. The predicted molar refractivity (Wildman–Crippen MR) is 87.9 cm³/mol. The van der Waals surface area contributed by atoms with Crippen LogP contribution in [0.25, 0.3) is 10.2 Å². The van der Waals surface area contributed by atoms with Gasteiger partial charge in [0.05, 0.1) is 11.7 Å². The number of hydrogen-bond donors (Lipinski definition) is 1. The molecule has 0 spiro atoms. The van der Waals surface area contributed by atoms with Crippen LogP contribution in [0.4, 0.5) is 0 Å². The summed E-state index contributed by atoms with van der Waals surface area (Å²) in [6.45, 7) is 0.758. The van der Waals surface area contributed by atoms with Gasteiger partial charge in [0.25, 0.3) is 5.56 Å². The first-order chi connectivity index (χ1) is 9.74. The third kappa shape index (κ3) is 2.66. The molecule has 5 heteroatoms. The van der Waals surface area contributed by atoms with E-state index in [1.165, 1.54) is 49.9 Å². The van der Waals surface area contributed by atoms with Gasteiger partial charge >= 0.3 is 0 Å². The van der Waals surface area contributed by atoms with Gasteiger partial charge in [-0.15, -0.1) is 11.3 Å². The van der Waals surface area contributed by atoms with Gasteiger partial charge in [-0.05, 0) is 35.5 Å². The Balaban J connectivity index is 1.94. The zero-order valence-electron chi connectivity index (χ0n) is 11.5. The molecule has 0 aliphatic heterocycles. The fourth-order valence-electron chi connectivity index (χ4n) is 3.21. The fraction of sp³-hybridized carbons (Fsp3) is 0.600. The summed E-state index contributed by atoms with van der Waals surface area (Å²) in [5, 5.41) is 2.68. The molecule has 0 saturated heterocycles. The largest absolute Gasteiger partial charge is 0.298 e. The molecule has 0 N–H and O–H groups in total. The van der Waals surface area contributed by atoms with Crippen LogP contribution in [-0.2, 0) is 6.54 Å². The van der Waals surface area contributed by atoms with Crippen molar-refractivity contribution in [3.63, 3.8) is 0 Å². The van der Waals surface area contributed by atoms with Crippen molar-refractivity contribution in [1.29, 1.82) is 0 Å². The van der Waals surface area contributed by atoms with E-state index in [0.717, 1.165) is 22.5 Å². The molecule has 0 unspecified atom stereocenters. The van der Waals surface area contributed by atoms with Crippen molar-refractivity contribution in [3.8, 4) is 0 Å². The number of thiophene rings is 1. The first-order valence-electron chi connectivity index (χ1n) is 7.28. The first-order valence-corrected chi connectivity index (χ1v) is 8.79. The molecule has 20 heavy (non-hydrogen) atoms. The molecule has 0 aromatic carbocycles. The van der Waals surface area contributed by atoms with E-state index >= 15 is 0 Å². The van der Waals surface area contributed by atoms with E-state index in [2.05, 4.69) is 17.6 Å². The number of fused-ring (bicyclic) bond motifs is 1. The van der Waals surface area contributed by atoms with Crippen molar-refractivity contribution in [1.82, 2.24) is 9.55 Å². The minimum atomic E-state index is 0.0988. The number of aromatic nitrogens is 2. The molecule has 1 saturated carbocycles. The molecular formula is C15H20N2OS2. The Hall–Kier alpha value is -0.810. The summed E-state index contributed by atoms with van der Waals surface area (Å²) in [6, 6.07) is 1.88. The summed E-state index contributed by atoms with van der Waals surface area (Å²) in [7, 11) is 0. The lowest BCUT2D eigenvalue weighted by Crippen LogP contribution is -2.33. The van der Waals surface area contributed by atoms with Crippen molar-refractivity contribution in [2.24, 2.45) is 5.41 Å². The molecule has 2 aromatic heterocycles. The van der Waals surface area contributed by atoms with Gasteiger partial charge < -0.3 is 0 Å². The monoisotopic (exact) mass is 308 g/mol. The summed E-state index contributed by atoms with van der Waals surface area (Å²) in [6.07, 6.45) is 9.19. The third-order valence-corrected chi connectivity index (χ3v) is 5.95. The Bertz CT molecular complexity index is 639. The van der Waals surface area contributed by atoms with E-state index in [9.17, 15) is 4.79 Å². The Morgan fingerprint density at radius 2 is 2.05 bits per heavy atom. The van der Waals surface area contributed by atoms with Crippen molar-refractivity contribution >= 4 is 34.2 Å². The molecule has 2 heterocycles. The normalized spacial score (nSPS) is 19.1. The molecule has 1 aliphatic rings. The quantitative estimate of drug-likeness (QED) is 0.692. The van der Waals surface area contributed by atoms with Crippen molar-refractivity contribution < 1.29 is 0 Å². The highest BCUT2D eigenvalue weighted by Crippen LogP contribution is 2.37. The lowest BCUT2D eigenvalue weighted by molar-refractivity contribution is 0.237. The molecule has 108 valence electrons. The Morgan fingerprint density at radius 1 is 1.30 bits per heavy atom. The number of rotatable bonds is 3. The smallest absolute Gasteiger partial charge is 0.262 e. The van der Waals surface area contributed by atoms with Gasteiger partial charge in [0, 0.05) is 6.54 Å². The minimum absolute atomic E-state index is 0.0988. The van der Waals surface area contributed by atoms with Crippen LogP contribution in [0, 0.1) is 5.41 Å². The van der Waals surface area contributed by atoms with Crippen LogP contribution in [-0.4, -0.2) is 15.3 Å². The molecule has 0 radical (unpaired) electrons. The maximum atomic E-state index is 12.5. The van der Waals surface area contributed by atoms with Crippen LogP contribution >= 0.6 is 24.0 Å². The van der Waals surface area contributed by atoms with Crippen LogP contribution in [0.2, 0.25) is 0 Å². The van der Waals surface area contributed by atoms with Crippen LogP contribution in [0.3, 0.4) is 0 Å². The second kappa shape index (κ2) is 5.90. The molecule has 0 bridgehead atoms. The van der Waals surface area contributed by atoms with Crippen molar-refractivity contribution in [2.75, 3.05) is 5.75 Å². The fourth-order valence-corrected chi connectivity index (χ4v) is 4.35. The Morgan fingerprint density at radius 3 is 2.75 bits per heavy atom. The lowest BCUT2D eigenvalue weighted by atomic mass is 9.82. The Labute approximate surface area is 128 Å². The third-order valence-electron chi connectivity index (χ3n) is 4.46. The summed E-state index contributed by atoms with van der Waals surface area (Å²) in [5.41, 5.74) is 0.260. The van der Waals surface area contributed by atoms with E-state index in [1.807, 2.05) is 11.4 Å². The summed E-state index contributed by atoms with van der Waals surface area (Å²) >= 11 is 6.11. The second-order valence-corrected chi connectivity index (χ2v) is 7.10. The molecule has 3 rings (SSSR count). The van der Waals surface area contributed by atoms with Gasteiger partial charge in [0.1, 0.15) is 4.83 Å². The molecule has 0 amide bonds. The van der Waals surface area contributed by atoms with Crippen molar-refractivity contribution in [2.45, 2.75) is 45.1 Å². The van der Waals surface area contributed by atoms with Crippen LogP contribution in [0.5, 0.6) is 0 Å². The van der Waals surface area contributed by atoms with Gasteiger partial charge in [0.15, 0.2) is 0 Å². The number of hydrogen-bond acceptors (Lipinski definition) is 4. The maximum absolute atomic E-state index is 12.5. The molecule has 0 atom stereocenters. The minimum Gasteiger partial charge on any atom is -0.298 e. The Kier molecular flexibility index (Phi) is 4.17. The van der Waals surface area contributed by atoms with E-state index in [1.54, 1.807) is 10.9 Å². The topological polar surface area (TPSA) is 34.9 Å². The average Bonchev–Trinajstić information content (AvgIpc) is 2.83. The van der Waals surface area contributed by atoms with E-state index in [4.69, 9.17) is 0 Å². The molecule has 3 nitrogen and oxygen atoms in total. The summed E-state index contributed by atoms with van der Waals surface area (Å²) < 4.78 is 1.80. The zero-order chi connectivity index (χ0) is 14.0. The van der Waals surface area contributed by atoms with Gasteiger partial charge in [-0.3, -0.25) is 9.36 Å². The second-order valence-electron chi connectivity index (χ2n) is 5.89. The van der Waals surface area contributed by atoms with Gasteiger partial charge in [-0.25, -0.2) is 4.98 Å². The molecule has 2 aromatic rings. The molecule has 1 aliphatic carbocycles. The summed E-state index contributed by atoms with van der Waals surface area (Å²) in [4.78, 5) is 17.8. The van der Waals surface area contributed by atoms with E-state index in [0.29, 0.717) is 0 Å². The van der Waals surface area contributed by atoms with E-state index in [-0.39, 0.29) is 11.0 Å². The highest BCUT2D eigenvalue weighted by molar-refractivity contribution is 7.80. The first kappa shape index (κ1) is 14.1. The summed E-state index contributed by atoms with van der Waals surface area (Å²) in [5.74, 6) is 0.848. The maximum Gasteiger partial charge on any atom is 0.262 e. The highest BCUT2D eigenvalue weighted by atomic mass is 32.1. The number of thiol groups is 1. The standard InChI is InChI=1S/C15H20N2OS2/c18-14-12-5-8-20-13(12)16-11-17(14)9-15(10-19)6-3-1-2-4-7-15/h5,8,11,19H,1-4,6-7,9-10H2. The van der Waals surface area contributed by atoms with Gasteiger partial charge in [-0.2, -0.15) is 12.6 Å². The SMILES string of the molecule is O=c1c2ccsc2ncn1CC1(CS)CCCCCC1. The van der Waals surface area contributed by atoms with Crippen LogP contribution in [0.1, 0.15) is 38.5 Å². The van der Waals surface area contributed by atoms with Gasteiger partial charge in [0.2, 0.25) is 0 Å². The van der Waals surface area contributed by atoms with Gasteiger partial charge in [-0.1, -0.05) is 25.7 Å². The molecular weight excluding hydrogens is 288 g/mol. The van der Waals surface area contributed by atoms with Crippen molar-refractivity contribution in [3.05, 3.63) is 28.1 Å². The van der Waals surface area contributed by atoms with E-state index < -0.39 is 0 Å². The van der Waals surface area contributed by atoms with Crippen LogP contribution in [0.15, 0.2) is 22.6 Å². The molecule has 1 fully saturated rings. The van der Waals surface area contributed by atoms with Crippen LogP contribution < -0.4 is 5.56 Å². The number of nitrogens with zero attached hydrogens (tertiary/aromatic N) is 2. The highest BCUT2D eigenvalue weighted by Gasteiger charge is 2.30. The average molecular weight is 308 g/mol.